The van der Waals surface area contributed by atoms with Crippen LogP contribution in [0.15, 0.2) is 64.9 Å². The standard InChI is InChI=1S/C25H25N5O2S/c31-23(27-13-11-19-10-4-5-12-26-19)18-9-6-14-30(15-18)25-28-21-20(17-7-2-1-3-8-17)16-33-22(21)24(32)29-25/h1-5,7-8,10,12,16,18H,6,9,11,13-15H2,(H,27,31)(H,28,29,32). The molecular formula is C25H25N5O2S. The highest BCUT2D eigenvalue weighted by Gasteiger charge is 2.27. The molecule has 0 saturated carbocycles. The molecule has 7 nitrogen and oxygen atoms in total. The monoisotopic (exact) mass is 459 g/mol. The van der Waals surface area contributed by atoms with Gasteiger partial charge < -0.3 is 10.2 Å². The van der Waals surface area contributed by atoms with E-state index in [2.05, 4.69) is 15.3 Å². The number of H-pyrrole nitrogens is 1. The van der Waals surface area contributed by atoms with Crippen LogP contribution in [0.3, 0.4) is 0 Å². The van der Waals surface area contributed by atoms with E-state index in [1.807, 2.05) is 58.8 Å². The third-order valence-electron chi connectivity index (χ3n) is 6.00. The Balaban J connectivity index is 1.31. The lowest BCUT2D eigenvalue weighted by Crippen LogP contribution is -2.44. The summed E-state index contributed by atoms with van der Waals surface area (Å²) < 4.78 is 0.624. The van der Waals surface area contributed by atoms with Gasteiger partial charge in [-0.3, -0.25) is 19.6 Å². The molecule has 1 unspecified atom stereocenters. The van der Waals surface area contributed by atoms with Crippen molar-refractivity contribution in [3.05, 3.63) is 76.2 Å². The lowest BCUT2D eigenvalue weighted by molar-refractivity contribution is -0.125. The Morgan fingerprint density at radius 3 is 2.85 bits per heavy atom. The lowest BCUT2D eigenvalue weighted by Gasteiger charge is -2.32. The van der Waals surface area contributed by atoms with Crippen molar-refractivity contribution in [2.24, 2.45) is 5.92 Å². The molecule has 2 N–H and O–H groups in total. The summed E-state index contributed by atoms with van der Waals surface area (Å²) in [7, 11) is 0. The number of rotatable bonds is 6. The summed E-state index contributed by atoms with van der Waals surface area (Å²) in [6.07, 6.45) is 4.16. The van der Waals surface area contributed by atoms with Crippen LogP contribution in [0.5, 0.6) is 0 Å². The second-order valence-electron chi connectivity index (χ2n) is 8.23. The van der Waals surface area contributed by atoms with E-state index in [0.29, 0.717) is 35.7 Å². The molecule has 1 saturated heterocycles. The molecule has 1 amide bonds. The van der Waals surface area contributed by atoms with Crippen LogP contribution in [-0.2, 0) is 11.2 Å². The van der Waals surface area contributed by atoms with Crippen LogP contribution in [0.1, 0.15) is 18.5 Å². The first kappa shape index (κ1) is 21.3. The number of anilines is 1. The Kier molecular flexibility index (Phi) is 6.17. The number of nitrogens with zero attached hydrogens (tertiary/aromatic N) is 3. The summed E-state index contributed by atoms with van der Waals surface area (Å²) in [5.74, 6) is 0.438. The van der Waals surface area contributed by atoms with Crippen molar-refractivity contribution in [2.45, 2.75) is 19.3 Å². The van der Waals surface area contributed by atoms with E-state index in [1.165, 1.54) is 11.3 Å². The number of carbonyl (C=O) groups is 1. The minimum Gasteiger partial charge on any atom is -0.355 e. The first-order valence-corrected chi connectivity index (χ1v) is 12.1. The Bertz CT molecular complexity index is 1300. The first-order valence-electron chi connectivity index (χ1n) is 11.2. The van der Waals surface area contributed by atoms with Gasteiger partial charge in [0.25, 0.3) is 5.56 Å². The zero-order chi connectivity index (χ0) is 22.6. The second kappa shape index (κ2) is 9.54. The maximum atomic E-state index is 12.8. The smallest absolute Gasteiger partial charge is 0.270 e. The topological polar surface area (TPSA) is 91.0 Å². The fourth-order valence-corrected chi connectivity index (χ4v) is 5.18. The van der Waals surface area contributed by atoms with E-state index >= 15 is 0 Å². The fourth-order valence-electron chi connectivity index (χ4n) is 4.28. The van der Waals surface area contributed by atoms with Gasteiger partial charge in [0.1, 0.15) is 4.70 Å². The zero-order valence-electron chi connectivity index (χ0n) is 18.2. The van der Waals surface area contributed by atoms with E-state index in [-0.39, 0.29) is 17.4 Å². The number of aromatic amines is 1. The summed E-state index contributed by atoms with van der Waals surface area (Å²) in [5.41, 5.74) is 3.54. The molecule has 0 radical (unpaired) electrons. The molecule has 0 bridgehead atoms. The van der Waals surface area contributed by atoms with Gasteiger partial charge in [-0.15, -0.1) is 11.3 Å². The molecule has 4 heterocycles. The van der Waals surface area contributed by atoms with Gasteiger partial charge in [0.15, 0.2) is 0 Å². The minimum absolute atomic E-state index is 0.0413. The Morgan fingerprint density at radius 2 is 2.03 bits per heavy atom. The molecule has 0 spiro atoms. The number of fused-ring (bicyclic) bond motifs is 1. The van der Waals surface area contributed by atoms with E-state index in [9.17, 15) is 9.59 Å². The number of nitrogens with one attached hydrogen (secondary N) is 2. The predicted molar refractivity (Wildman–Crippen MR) is 132 cm³/mol. The molecule has 168 valence electrons. The van der Waals surface area contributed by atoms with Crippen LogP contribution >= 0.6 is 11.3 Å². The van der Waals surface area contributed by atoms with Crippen molar-refractivity contribution < 1.29 is 4.79 Å². The fraction of sp³-hybridized carbons (Fsp3) is 0.280. The summed E-state index contributed by atoms with van der Waals surface area (Å²) in [6.45, 7) is 1.86. The first-order chi connectivity index (χ1) is 16.2. The molecular weight excluding hydrogens is 434 g/mol. The third-order valence-corrected chi connectivity index (χ3v) is 6.97. The van der Waals surface area contributed by atoms with Gasteiger partial charge in [-0.05, 0) is 30.5 Å². The average Bonchev–Trinajstić information content (AvgIpc) is 3.30. The molecule has 1 fully saturated rings. The molecule has 1 aliphatic rings. The molecule has 8 heteroatoms. The van der Waals surface area contributed by atoms with Crippen molar-refractivity contribution in [1.82, 2.24) is 20.3 Å². The van der Waals surface area contributed by atoms with Crippen molar-refractivity contribution in [3.63, 3.8) is 0 Å². The molecule has 33 heavy (non-hydrogen) atoms. The van der Waals surface area contributed by atoms with Crippen molar-refractivity contribution in [2.75, 3.05) is 24.5 Å². The SMILES string of the molecule is O=C(NCCc1ccccn1)C1CCCN(c2nc3c(-c4ccccc4)csc3c(=O)[nH]2)C1. The Hall–Kier alpha value is -3.52. The molecule has 1 aromatic carbocycles. The summed E-state index contributed by atoms with van der Waals surface area (Å²) in [4.78, 5) is 39.7. The maximum Gasteiger partial charge on any atom is 0.270 e. The van der Waals surface area contributed by atoms with Crippen molar-refractivity contribution >= 4 is 33.4 Å². The number of aromatic nitrogens is 3. The van der Waals surface area contributed by atoms with E-state index < -0.39 is 0 Å². The summed E-state index contributed by atoms with van der Waals surface area (Å²) in [6, 6.07) is 15.8. The zero-order valence-corrected chi connectivity index (χ0v) is 19.0. The highest BCUT2D eigenvalue weighted by atomic mass is 32.1. The van der Waals surface area contributed by atoms with Crippen molar-refractivity contribution in [3.8, 4) is 11.1 Å². The largest absolute Gasteiger partial charge is 0.355 e. The number of piperidine rings is 1. The van der Waals surface area contributed by atoms with Gasteiger partial charge in [-0.1, -0.05) is 36.4 Å². The second-order valence-corrected chi connectivity index (χ2v) is 9.11. The number of amides is 1. The van der Waals surface area contributed by atoms with Crippen molar-refractivity contribution in [1.29, 1.82) is 0 Å². The average molecular weight is 460 g/mol. The quantitative estimate of drug-likeness (QED) is 0.460. The Morgan fingerprint density at radius 1 is 1.18 bits per heavy atom. The third kappa shape index (κ3) is 4.66. The number of hydrogen-bond acceptors (Lipinski definition) is 6. The van der Waals surface area contributed by atoms with Crippen LogP contribution < -0.4 is 15.8 Å². The number of carbonyl (C=O) groups excluding carboxylic acids is 1. The molecule has 0 aliphatic carbocycles. The van der Waals surface area contributed by atoms with Crippen LogP contribution in [0.2, 0.25) is 0 Å². The lowest BCUT2D eigenvalue weighted by atomic mass is 9.97. The van der Waals surface area contributed by atoms with Crippen LogP contribution in [0.25, 0.3) is 21.3 Å². The van der Waals surface area contributed by atoms with Gasteiger partial charge >= 0.3 is 0 Å². The van der Waals surface area contributed by atoms with E-state index in [4.69, 9.17) is 4.98 Å². The van der Waals surface area contributed by atoms with E-state index in [1.54, 1.807) is 6.20 Å². The van der Waals surface area contributed by atoms with Gasteiger partial charge in [0.2, 0.25) is 11.9 Å². The Labute approximate surface area is 195 Å². The molecule has 1 atom stereocenters. The molecule has 5 rings (SSSR count). The predicted octanol–water partition coefficient (Wildman–Crippen LogP) is 3.62. The number of hydrogen-bond donors (Lipinski definition) is 2. The van der Waals surface area contributed by atoms with Crippen LogP contribution in [0.4, 0.5) is 5.95 Å². The number of thiophene rings is 1. The normalized spacial score (nSPS) is 16.1. The van der Waals surface area contributed by atoms with Gasteiger partial charge in [0, 0.05) is 48.9 Å². The van der Waals surface area contributed by atoms with Gasteiger partial charge in [-0.2, -0.15) is 0 Å². The van der Waals surface area contributed by atoms with Gasteiger partial charge in [-0.25, -0.2) is 4.98 Å². The highest BCUT2D eigenvalue weighted by Crippen LogP contribution is 2.32. The van der Waals surface area contributed by atoms with Crippen LogP contribution in [-0.4, -0.2) is 40.5 Å². The molecule has 1 aliphatic heterocycles. The summed E-state index contributed by atoms with van der Waals surface area (Å²) in [5, 5.41) is 5.03. The van der Waals surface area contributed by atoms with Crippen LogP contribution in [0, 0.1) is 5.92 Å². The number of benzene rings is 1. The summed E-state index contributed by atoms with van der Waals surface area (Å²) >= 11 is 1.41. The maximum absolute atomic E-state index is 12.8. The highest BCUT2D eigenvalue weighted by molar-refractivity contribution is 7.17. The number of pyridine rings is 1. The van der Waals surface area contributed by atoms with Gasteiger partial charge in [0.05, 0.1) is 11.4 Å². The molecule has 4 aromatic rings. The minimum atomic E-state index is -0.139. The molecule has 3 aromatic heterocycles. The van der Waals surface area contributed by atoms with E-state index in [0.717, 1.165) is 36.2 Å².